The topological polar surface area (TPSA) is 75.3 Å². The van der Waals surface area contributed by atoms with Crippen LogP contribution in [0.4, 0.5) is 5.82 Å². The van der Waals surface area contributed by atoms with Crippen molar-refractivity contribution >= 4 is 5.82 Å². The Morgan fingerprint density at radius 1 is 1.25 bits per heavy atom. The fraction of sp³-hybridized carbons (Fsp3) is 0.333. The minimum Gasteiger partial charge on any atom is -0.396 e. The van der Waals surface area contributed by atoms with Crippen LogP contribution in [0.15, 0.2) is 42.6 Å². The summed E-state index contributed by atoms with van der Waals surface area (Å²) in [7, 11) is 2.00. The molecule has 1 atom stereocenters. The summed E-state index contributed by atoms with van der Waals surface area (Å²) in [5, 5.41) is 9.28. The number of nitrogen functional groups attached to an aromatic ring is 1. The Hall–Kier alpha value is -1.98. The maximum atomic E-state index is 9.28. The maximum Gasteiger partial charge on any atom is 0.144 e. The fourth-order valence-electron chi connectivity index (χ4n) is 2.26. The van der Waals surface area contributed by atoms with E-state index in [1.54, 1.807) is 12.3 Å². The lowest BCUT2D eigenvalue weighted by molar-refractivity contribution is 0.177. The van der Waals surface area contributed by atoms with Crippen molar-refractivity contribution in [3.8, 4) is 0 Å². The second-order valence-corrected chi connectivity index (χ2v) is 4.75. The summed E-state index contributed by atoms with van der Waals surface area (Å²) < 4.78 is 0. The lowest BCUT2D eigenvalue weighted by Crippen LogP contribution is -2.26. The van der Waals surface area contributed by atoms with Gasteiger partial charge in [0.25, 0.3) is 0 Å². The van der Waals surface area contributed by atoms with Crippen molar-refractivity contribution in [1.82, 2.24) is 14.9 Å². The van der Waals surface area contributed by atoms with Crippen molar-refractivity contribution < 1.29 is 5.11 Å². The van der Waals surface area contributed by atoms with Crippen LogP contribution in [0.2, 0.25) is 0 Å². The van der Waals surface area contributed by atoms with Crippen LogP contribution in [-0.2, 0) is 6.54 Å². The summed E-state index contributed by atoms with van der Waals surface area (Å²) in [4.78, 5) is 10.6. The van der Waals surface area contributed by atoms with Crippen LogP contribution in [0.25, 0.3) is 0 Å². The molecule has 2 rings (SSSR count). The first-order valence-corrected chi connectivity index (χ1v) is 6.64. The van der Waals surface area contributed by atoms with Crippen molar-refractivity contribution in [2.45, 2.75) is 19.0 Å². The fourth-order valence-corrected chi connectivity index (χ4v) is 2.26. The molecule has 2 aromatic rings. The lowest BCUT2D eigenvalue weighted by Gasteiger charge is -2.27. The van der Waals surface area contributed by atoms with Gasteiger partial charge in [0.1, 0.15) is 11.6 Å². The highest BCUT2D eigenvalue weighted by atomic mass is 16.3. The molecule has 1 aromatic heterocycles. The number of nitrogens with two attached hydrogens (primary N) is 1. The molecule has 0 saturated carbocycles. The number of aliphatic hydroxyl groups excluding tert-OH is 1. The van der Waals surface area contributed by atoms with Gasteiger partial charge in [0, 0.05) is 18.8 Å². The third-order valence-electron chi connectivity index (χ3n) is 3.24. The zero-order chi connectivity index (χ0) is 14.4. The highest BCUT2D eigenvalue weighted by Crippen LogP contribution is 2.23. The molecule has 0 aliphatic rings. The monoisotopic (exact) mass is 272 g/mol. The number of aliphatic hydroxyl groups is 1. The van der Waals surface area contributed by atoms with Crippen LogP contribution < -0.4 is 5.73 Å². The van der Waals surface area contributed by atoms with Crippen molar-refractivity contribution in [3.63, 3.8) is 0 Å². The molecule has 0 amide bonds. The van der Waals surface area contributed by atoms with Gasteiger partial charge < -0.3 is 10.8 Å². The first-order valence-electron chi connectivity index (χ1n) is 6.64. The Kier molecular flexibility index (Phi) is 5.03. The van der Waals surface area contributed by atoms with E-state index in [1.165, 1.54) is 5.56 Å². The number of hydrogen-bond donors (Lipinski definition) is 2. The van der Waals surface area contributed by atoms with Crippen molar-refractivity contribution in [1.29, 1.82) is 0 Å². The van der Waals surface area contributed by atoms with Crippen LogP contribution in [0.3, 0.4) is 0 Å². The van der Waals surface area contributed by atoms with Gasteiger partial charge in [-0.3, -0.25) is 4.90 Å². The Morgan fingerprint density at radius 2 is 2.00 bits per heavy atom. The standard InChI is InChI=1S/C15H20N4O/c1-19(11-15-17-9-7-14(16)18-15)13(8-10-20)12-5-3-2-4-6-12/h2-7,9,13,20H,8,10-11H2,1H3,(H2,16,17,18). The van der Waals surface area contributed by atoms with Crippen LogP contribution in [0, 0.1) is 0 Å². The van der Waals surface area contributed by atoms with Gasteiger partial charge in [-0.2, -0.15) is 0 Å². The zero-order valence-electron chi connectivity index (χ0n) is 11.6. The van der Waals surface area contributed by atoms with Crippen molar-refractivity contribution in [2.75, 3.05) is 19.4 Å². The van der Waals surface area contributed by atoms with E-state index in [2.05, 4.69) is 27.0 Å². The predicted octanol–water partition coefficient (Wildman–Crippen LogP) is 1.61. The Morgan fingerprint density at radius 3 is 2.65 bits per heavy atom. The average Bonchev–Trinajstić information content (AvgIpc) is 2.45. The summed E-state index contributed by atoms with van der Waals surface area (Å²) >= 11 is 0. The highest BCUT2D eigenvalue weighted by molar-refractivity contribution is 5.25. The number of aromatic nitrogens is 2. The predicted molar refractivity (Wildman–Crippen MR) is 78.8 cm³/mol. The first-order chi connectivity index (χ1) is 9.70. The van der Waals surface area contributed by atoms with Crippen LogP contribution in [0.1, 0.15) is 23.9 Å². The van der Waals surface area contributed by atoms with Crippen LogP contribution in [-0.4, -0.2) is 33.6 Å². The minimum atomic E-state index is 0.131. The molecule has 1 heterocycles. The van der Waals surface area contributed by atoms with E-state index in [0.717, 1.165) is 0 Å². The third kappa shape index (κ3) is 3.76. The Labute approximate surface area is 119 Å². The molecule has 0 bridgehead atoms. The van der Waals surface area contributed by atoms with Crippen molar-refractivity contribution in [3.05, 3.63) is 54.0 Å². The largest absolute Gasteiger partial charge is 0.396 e. The van der Waals surface area contributed by atoms with Crippen molar-refractivity contribution in [2.24, 2.45) is 0 Å². The second-order valence-electron chi connectivity index (χ2n) is 4.75. The average molecular weight is 272 g/mol. The summed E-state index contributed by atoms with van der Waals surface area (Å²) in [6.07, 6.45) is 2.33. The normalized spacial score (nSPS) is 12.6. The van der Waals surface area contributed by atoms with E-state index < -0.39 is 0 Å². The van der Waals surface area contributed by atoms with Gasteiger partial charge in [0.05, 0.1) is 6.54 Å². The van der Waals surface area contributed by atoms with E-state index in [1.807, 2.05) is 25.2 Å². The van der Waals surface area contributed by atoms with Gasteiger partial charge in [0.2, 0.25) is 0 Å². The van der Waals surface area contributed by atoms with Gasteiger partial charge in [-0.25, -0.2) is 9.97 Å². The van der Waals surface area contributed by atoms with Crippen LogP contribution in [0.5, 0.6) is 0 Å². The van der Waals surface area contributed by atoms with Gasteiger partial charge in [-0.1, -0.05) is 30.3 Å². The molecule has 1 unspecified atom stereocenters. The number of hydrogen-bond acceptors (Lipinski definition) is 5. The molecular formula is C15H20N4O. The summed E-state index contributed by atoms with van der Waals surface area (Å²) in [5.74, 6) is 1.16. The molecule has 20 heavy (non-hydrogen) atoms. The molecule has 5 nitrogen and oxygen atoms in total. The number of anilines is 1. The molecule has 1 aromatic carbocycles. The maximum absolute atomic E-state index is 9.28. The SMILES string of the molecule is CN(Cc1nccc(N)n1)C(CCO)c1ccccc1. The molecule has 0 spiro atoms. The van der Waals surface area contributed by atoms with Gasteiger partial charge >= 0.3 is 0 Å². The number of benzene rings is 1. The molecule has 0 aliphatic heterocycles. The summed E-state index contributed by atoms with van der Waals surface area (Å²) in [6, 6.07) is 11.9. The Bertz CT molecular complexity index is 532. The third-order valence-corrected chi connectivity index (χ3v) is 3.24. The van der Waals surface area contributed by atoms with E-state index in [9.17, 15) is 5.11 Å². The van der Waals surface area contributed by atoms with Gasteiger partial charge in [-0.15, -0.1) is 0 Å². The van der Waals surface area contributed by atoms with Gasteiger partial charge in [-0.05, 0) is 25.1 Å². The molecule has 5 heteroatoms. The molecular weight excluding hydrogens is 252 g/mol. The highest BCUT2D eigenvalue weighted by Gasteiger charge is 2.17. The smallest absolute Gasteiger partial charge is 0.144 e. The summed E-state index contributed by atoms with van der Waals surface area (Å²) in [6.45, 7) is 0.728. The van der Waals surface area contributed by atoms with Crippen LogP contribution >= 0.6 is 0 Å². The second kappa shape index (κ2) is 6.98. The number of rotatable bonds is 6. The molecule has 0 radical (unpaired) electrons. The number of nitrogens with zero attached hydrogens (tertiary/aromatic N) is 3. The first kappa shape index (κ1) is 14.4. The molecule has 0 saturated heterocycles. The van der Waals surface area contributed by atoms with Gasteiger partial charge in [0.15, 0.2) is 0 Å². The zero-order valence-corrected chi connectivity index (χ0v) is 11.6. The summed E-state index contributed by atoms with van der Waals surface area (Å²) in [5.41, 5.74) is 6.84. The minimum absolute atomic E-state index is 0.131. The lowest BCUT2D eigenvalue weighted by atomic mass is 10.0. The molecule has 0 fully saturated rings. The Balaban J connectivity index is 2.13. The van der Waals surface area contributed by atoms with E-state index >= 15 is 0 Å². The molecule has 0 aliphatic carbocycles. The van der Waals surface area contributed by atoms with E-state index in [-0.39, 0.29) is 12.6 Å². The van der Waals surface area contributed by atoms with E-state index in [4.69, 9.17) is 5.73 Å². The van der Waals surface area contributed by atoms with E-state index in [0.29, 0.717) is 24.6 Å². The molecule has 3 N–H and O–H groups in total. The molecule has 106 valence electrons. The quantitative estimate of drug-likeness (QED) is 0.835.